The van der Waals surface area contributed by atoms with Crippen molar-refractivity contribution in [1.29, 1.82) is 0 Å². The summed E-state index contributed by atoms with van der Waals surface area (Å²) in [7, 11) is 3.12. The fourth-order valence-electron chi connectivity index (χ4n) is 5.74. The number of amides is 3. The monoisotopic (exact) mass is 571 g/mol. The van der Waals surface area contributed by atoms with E-state index in [1.165, 1.54) is 12.0 Å². The van der Waals surface area contributed by atoms with Crippen molar-refractivity contribution in [1.82, 2.24) is 10.2 Å². The highest BCUT2D eigenvalue weighted by atomic mass is 16.5. The molecule has 0 bridgehead atoms. The van der Waals surface area contributed by atoms with Crippen LogP contribution in [-0.2, 0) is 6.54 Å². The number of piperazine rings is 1. The fraction of sp³-hybridized carbons (Fsp3) is 0.394. The van der Waals surface area contributed by atoms with Gasteiger partial charge in [0.25, 0.3) is 5.91 Å². The number of urea groups is 1. The molecule has 0 radical (unpaired) electrons. The van der Waals surface area contributed by atoms with Crippen LogP contribution in [0.25, 0.3) is 0 Å². The van der Waals surface area contributed by atoms with E-state index in [-0.39, 0.29) is 11.9 Å². The van der Waals surface area contributed by atoms with Gasteiger partial charge < -0.3 is 30.3 Å². The van der Waals surface area contributed by atoms with Crippen molar-refractivity contribution in [3.63, 3.8) is 0 Å². The number of anilines is 3. The zero-order valence-corrected chi connectivity index (χ0v) is 24.5. The Morgan fingerprint density at radius 3 is 2.12 bits per heavy atom. The van der Waals surface area contributed by atoms with E-state index in [4.69, 9.17) is 9.47 Å². The highest BCUT2D eigenvalue weighted by molar-refractivity contribution is 6.04. The molecule has 3 N–H and O–H groups in total. The average molecular weight is 572 g/mol. The summed E-state index contributed by atoms with van der Waals surface area (Å²) in [5.41, 5.74) is 3.86. The molecule has 5 rings (SSSR count). The summed E-state index contributed by atoms with van der Waals surface area (Å²) in [6.07, 6.45) is 5.50. The molecule has 42 heavy (non-hydrogen) atoms. The molecule has 9 heteroatoms. The maximum Gasteiger partial charge on any atom is 0.323 e. The number of hydrogen-bond acceptors (Lipinski definition) is 6. The number of rotatable bonds is 9. The van der Waals surface area contributed by atoms with E-state index in [0.29, 0.717) is 28.4 Å². The molecule has 1 aliphatic heterocycles. The Labute approximate surface area is 248 Å². The Kier molecular flexibility index (Phi) is 9.82. The second kappa shape index (κ2) is 14.1. The normalized spacial score (nSPS) is 16.0. The standard InChI is InChI=1S/C33H41N5O4/c1-41-28-19-27(20-29(22-28)42-2)36-33(40)35-26-13-14-31(30(21-26)32(39)34-25-11-7-4-8-12-25)38-17-15-37(16-18-38)23-24-9-5-3-6-10-24/h3,5-6,9-10,13-14,19-22,25H,4,7-8,11-12,15-18,23H2,1-2H3,(H,34,39)(H2,35,36,40). The van der Waals surface area contributed by atoms with E-state index < -0.39 is 6.03 Å². The Balaban J connectivity index is 1.30. The zero-order chi connectivity index (χ0) is 29.3. The summed E-state index contributed by atoms with van der Waals surface area (Å²) in [5, 5.41) is 8.99. The first kappa shape index (κ1) is 29.3. The number of benzene rings is 3. The summed E-state index contributed by atoms with van der Waals surface area (Å²) in [6, 6.07) is 21.0. The van der Waals surface area contributed by atoms with E-state index in [1.807, 2.05) is 18.2 Å². The maximum absolute atomic E-state index is 13.6. The van der Waals surface area contributed by atoms with Crippen LogP contribution in [0.4, 0.5) is 21.9 Å². The second-order valence-electron chi connectivity index (χ2n) is 11.0. The lowest BCUT2D eigenvalue weighted by atomic mass is 9.95. The topological polar surface area (TPSA) is 95.2 Å². The quantitative estimate of drug-likeness (QED) is 0.304. The summed E-state index contributed by atoms with van der Waals surface area (Å²) in [5.74, 6) is 1.05. The van der Waals surface area contributed by atoms with Crippen LogP contribution in [0.3, 0.4) is 0 Å². The third-order valence-corrected chi connectivity index (χ3v) is 8.01. The van der Waals surface area contributed by atoms with Crippen LogP contribution < -0.4 is 30.3 Å². The van der Waals surface area contributed by atoms with Gasteiger partial charge >= 0.3 is 6.03 Å². The minimum absolute atomic E-state index is 0.0924. The first-order valence-corrected chi connectivity index (χ1v) is 14.8. The molecule has 1 aliphatic carbocycles. The first-order chi connectivity index (χ1) is 20.5. The van der Waals surface area contributed by atoms with Crippen LogP contribution in [0.5, 0.6) is 11.5 Å². The molecule has 1 saturated carbocycles. The predicted molar refractivity (Wildman–Crippen MR) is 167 cm³/mol. The van der Waals surface area contributed by atoms with Gasteiger partial charge in [-0.25, -0.2) is 4.79 Å². The van der Waals surface area contributed by atoms with Gasteiger partial charge in [0.2, 0.25) is 0 Å². The molecule has 0 atom stereocenters. The van der Waals surface area contributed by atoms with Crippen LogP contribution in [0, 0.1) is 0 Å². The summed E-state index contributed by atoms with van der Waals surface area (Å²) < 4.78 is 10.6. The maximum atomic E-state index is 13.6. The van der Waals surface area contributed by atoms with E-state index in [2.05, 4.69) is 50.0 Å². The van der Waals surface area contributed by atoms with E-state index in [9.17, 15) is 9.59 Å². The van der Waals surface area contributed by atoms with Gasteiger partial charge in [-0.1, -0.05) is 49.6 Å². The number of carbonyl (C=O) groups excluding carboxylic acids is 2. The van der Waals surface area contributed by atoms with Crippen molar-refractivity contribution in [3.8, 4) is 11.5 Å². The number of methoxy groups -OCH3 is 2. The lowest BCUT2D eigenvalue weighted by molar-refractivity contribution is 0.0928. The molecule has 3 amide bonds. The summed E-state index contributed by atoms with van der Waals surface area (Å²) in [4.78, 5) is 31.3. The highest BCUT2D eigenvalue weighted by Crippen LogP contribution is 2.29. The van der Waals surface area contributed by atoms with Crippen molar-refractivity contribution in [2.45, 2.75) is 44.7 Å². The molecule has 222 valence electrons. The number of nitrogens with one attached hydrogen (secondary N) is 3. The van der Waals surface area contributed by atoms with Gasteiger partial charge in [0.1, 0.15) is 11.5 Å². The smallest absolute Gasteiger partial charge is 0.323 e. The van der Waals surface area contributed by atoms with Gasteiger partial charge in [0.05, 0.1) is 19.8 Å². The Morgan fingerprint density at radius 1 is 0.786 bits per heavy atom. The molecule has 9 nitrogen and oxygen atoms in total. The fourth-order valence-corrected chi connectivity index (χ4v) is 5.74. The molecule has 3 aromatic carbocycles. The minimum atomic E-state index is -0.425. The molecular formula is C33H41N5O4. The minimum Gasteiger partial charge on any atom is -0.497 e. The van der Waals surface area contributed by atoms with Crippen molar-refractivity contribution in [2.75, 3.05) is 55.9 Å². The molecule has 1 saturated heterocycles. The number of ether oxygens (including phenoxy) is 2. The van der Waals surface area contributed by atoms with Gasteiger partial charge in [-0.3, -0.25) is 9.69 Å². The third kappa shape index (κ3) is 7.73. The molecule has 0 spiro atoms. The second-order valence-corrected chi connectivity index (χ2v) is 11.0. The molecule has 0 aromatic heterocycles. The van der Waals surface area contributed by atoms with Gasteiger partial charge in [0, 0.05) is 74.0 Å². The number of hydrogen-bond donors (Lipinski definition) is 3. The van der Waals surface area contributed by atoms with Crippen LogP contribution in [0.1, 0.15) is 48.0 Å². The molecular weight excluding hydrogens is 530 g/mol. The van der Waals surface area contributed by atoms with Gasteiger partial charge in [0.15, 0.2) is 0 Å². The van der Waals surface area contributed by atoms with Crippen LogP contribution in [-0.4, -0.2) is 63.3 Å². The van der Waals surface area contributed by atoms with E-state index >= 15 is 0 Å². The van der Waals surface area contributed by atoms with Crippen molar-refractivity contribution in [2.24, 2.45) is 0 Å². The third-order valence-electron chi connectivity index (χ3n) is 8.01. The molecule has 1 heterocycles. The van der Waals surface area contributed by atoms with Gasteiger partial charge in [-0.15, -0.1) is 0 Å². The van der Waals surface area contributed by atoms with Crippen LogP contribution in [0.2, 0.25) is 0 Å². The molecule has 2 aliphatic rings. The van der Waals surface area contributed by atoms with Gasteiger partial charge in [-0.2, -0.15) is 0 Å². The predicted octanol–water partition coefficient (Wildman–Crippen LogP) is 5.73. The van der Waals surface area contributed by atoms with Crippen LogP contribution >= 0.6 is 0 Å². The lowest BCUT2D eigenvalue weighted by Crippen LogP contribution is -2.46. The summed E-state index contributed by atoms with van der Waals surface area (Å²) in [6.45, 7) is 4.37. The van der Waals surface area contributed by atoms with E-state index in [1.54, 1.807) is 38.5 Å². The number of nitrogens with zero attached hydrogens (tertiary/aromatic N) is 2. The highest BCUT2D eigenvalue weighted by Gasteiger charge is 2.24. The largest absolute Gasteiger partial charge is 0.497 e. The molecule has 0 unspecified atom stereocenters. The SMILES string of the molecule is COc1cc(NC(=O)Nc2ccc(N3CCN(Cc4ccccc4)CC3)c(C(=O)NC3CCCCC3)c2)cc(OC)c1. The first-order valence-electron chi connectivity index (χ1n) is 14.8. The van der Waals surface area contributed by atoms with Crippen molar-refractivity contribution in [3.05, 3.63) is 77.9 Å². The molecule has 3 aromatic rings. The zero-order valence-electron chi connectivity index (χ0n) is 24.5. The Hall–Kier alpha value is -4.24. The van der Waals surface area contributed by atoms with Crippen molar-refractivity contribution >= 4 is 29.0 Å². The van der Waals surface area contributed by atoms with E-state index in [0.717, 1.165) is 64.1 Å². The number of carbonyl (C=O) groups is 2. The van der Waals surface area contributed by atoms with Crippen molar-refractivity contribution < 1.29 is 19.1 Å². The van der Waals surface area contributed by atoms with Crippen LogP contribution in [0.15, 0.2) is 66.7 Å². The summed E-state index contributed by atoms with van der Waals surface area (Å²) >= 11 is 0. The molecule has 2 fully saturated rings. The van der Waals surface area contributed by atoms with Gasteiger partial charge in [-0.05, 0) is 36.6 Å². The average Bonchev–Trinajstić information content (AvgIpc) is 3.02. The Bertz CT molecular complexity index is 1330. The Morgan fingerprint density at radius 2 is 1.45 bits per heavy atom. The lowest BCUT2D eigenvalue weighted by Gasteiger charge is -2.37.